The Hall–Kier alpha value is -1.13. The van der Waals surface area contributed by atoms with Crippen LogP contribution in [-0.2, 0) is 4.74 Å². The van der Waals surface area contributed by atoms with E-state index in [0.29, 0.717) is 12.5 Å². The Kier molecular flexibility index (Phi) is 4.90. The van der Waals surface area contributed by atoms with Gasteiger partial charge in [-0.2, -0.15) is 0 Å². The molecule has 0 unspecified atom stereocenters. The fourth-order valence-electron chi connectivity index (χ4n) is 1.29. The maximum atomic E-state index is 5.80. The van der Waals surface area contributed by atoms with E-state index in [1.54, 1.807) is 13.3 Å². The zero-order chi connectivity index (χ0) is 12.9. The summed E-state index contributed by atoms with van der Waals surface area (Å²) >= 11 is 0. The van der Waals surface area contributed by atoms with Gasteiger partial charge in [-0.1, -0.05) is 0 Å². The molecule has 0 aliphatic rings. The highest BCUT2D eigenvalue weighted by molar-refractivity contribution is 5.22. The number of ether oxygens (including phenoxy) is 2. The standard InChI is InChI=1S/C13H22N2O2/c1-10(14)11-5-7-15-12(9-11)17-8-6-13(2,3)16-4/h5,7,9-10H,6,8,14H2,1-4H3/t10-/m1/s1. The van der Waals surface area contributed by atoms with E-state index in [-0.39, 0.29) is 11.6 Å². The lowest BCUT2D eigenvalue weighted by molar-refractivity contribution is 0.00508. The predicted octanol–water partition coefficient (Wildman–Crippen LogP) is 2.30. The topological polar surface area (TPSA) is 57.4 Å². The molecule has 2 N–H and O–H groups in total. The monoisotopic (exact) mass is 238 g/mol. The molecule has 4 nitrogen and oxygen atoms in total. The summed E-state index contributed by atoms with van der Waals surface area (Å²) in [4.78, 5) is 4.15. The van der Waals surface area contributed by atoms with Gasteiger partial charge >= 0.3 is 0 Å². The second kappa shape index (κ2) is 5.98. The second-order valence-corrected chi connectivity index (χ2v) is 4.78. The molecule has 1 rings (SSSR count). The Balaban J connectivity index is 2.50. The van der Waals surface area contributed by atoms with Crippen molar-refractivity contribution in [3.63, 3.8) is 0 Å². The molecular weight excluding hydrogens is 216 g/mol. The molecular formula is C13H22N2O2. The Morgan fingerprint density at radius 1 is 1.47 bits per heavy atom. The molecule has 1 atom stereocenters. The van der Waals surface area contributed by atoms with E-state index in [4.69, 9.17) is 15.2 Å². The van der Waals surface area contributed by atoms with Crippen LogP contribution < -0.4 is 10.5 Å². The molecule has 0 saturated carbocycles. The van der Waals surface area contributed by atoms with Crippen LogP contribution in [0.4, 0.5) is 0 Å². The lowest BCUT2D eigenvalue weighted by atomic mass is 10.1. The molecule has 0 bridgehead atoms. The number of aromatic nitrogens is 1. The molecule has 1 aromatic heterocycles. The van der Waals surface area contributed by atoms with E-state index >= 15 is 0 Å². The largest absolute Gasteiger partial charge is 0.478 e. The summed E-state index contributed by atoms with van der Waals surface area (Å²) in [6.07, 6.45) is 2.53. The third-order valence-corrected chi connectivity index (χ3v) is 2.79. The lowest BCUT2D eigenvalue weighted by Crippen LogP contribution is -2.25. The van der Waals surface area contributed by atoms with Crippen molar-refractivity contribution in [2.75, 3.05) is 13.7 Å². The molecule has 96 valence electrons. The minimum absolute atomic E-state index is 0.00392. The molecule has 17 heavy (non-hydrogen) atoms. The first-order valence-electron chi connectivity index (χ1n) is 5.84. The van der Waals surface area contributed by atoms with E-state index in [9.17, 15) is 0 Å². The number of methoxy groups -OCH3 is 1. The smallest absolute Gasteiger partial charge is 0.213 e. The van der Waals surface area contributed by atoms with Crippen molar-refractivity contribution in [2.45, 2.75) is 38.8 Å². The number of nitrogens with zero attached hydrogens (tertiary/aromatic N) is 1. The number of hydrogen-bond acceptors (Lipinski definition) is 4. The maximum absolute atomic E-state index is 5.80. The Morgan fingerprint density at radius 3 is 2.76 bits per heavy atom. The lowest BCUT2D eigenvalue weighted by Gasteiger charge is -2.22. The number of pyridine rings is 1. The second-order valence-electron chi connectivity index (χ2n) is 4.78. The van der Waals surface area contributed by atoms with Crippen molar-refractivity contribution < 1.29 is 9.47 Å². The summed E-state index contributed by atoms with van der Waals surface area (Å²) in [5.41, 5.74) is 6.66. The normalized spacial score (nSPS) is 13.5. The van der Waals surface area contributed by atoms with Crippen LogP contribution in [0.5, 0.6) is 5.88 Å². The molecule has 1 heterocycles. The molecule has 0 aliphatic carbocycles. The van der Waals surface area contributed by atoms with Crippen LogP contribution in [0, 0.1) is 0 Å². The number of nitrogens with two attached hydrogens (primary N) is 1. The average molecular weight is 238 g/mol. The first kappa shape index (κ1) is 13.9. The summed E-state index contributed by atoms with van der Waals surface area (Å²) in [6.45, 7) is 6.58. The van der Waals surface area contributed by atoms with Crippen LogP contribution in [0.2, 0.25) is 0 Å². The highest BCUT2D eigenvalue weighted by Gasteiger charge is 2.16. The van der Waals surface area contributed by atoms with Gasteiger partial charge in [0, 0.05) is 31.8 Å². The van der Waals surface area contributed by atoms with Gasteiger partial charge in [0.05, 0.1) is 12.2 Å². The first-order chi connectivity index (χ1) is 7.94. The molecule has 0 radical (unpaired) electrons. The third-order valence-electron chi connectivity index (χ3n) is 2.79. The fraction of sp³-hybridized carbons (Fsp3) is 0.615. The minimum atomic E-state index is -0.168. The summed E-state index contributed by atoms with van der Waals surface area (Å²) < 4.78 is 10.9. The van der Waals surface area contributed by atoms with Gasteiger partial charge in [-0.3, -0.25) is 0 Å². The van der Waals surface area contributed by atoms with Crippen LogP contribution in [-0.4, -0.2) is 24.3 Å². The van der Waals surface area contributed by atoms with E-state index in [1.807, 2.05) is 32.9 Å². The SMILES string of the molecule is COC(C)(C)CCOc1cc([C@@H](C)N)ccn1. The summed E-state index contributed by atoms with van der Waals surface area (Å²) in [7, 11) is 1.70. The molecule has 0 saturated heterocycles. The zero-order valence-electron chi connectivity index (χ0n) is 11.1. The molecule has 1 aromatic rings. The van der Waals surface area contributed by atoms with E-state index in [0.717, 1.165) is 12.0 Å². The summed E-state index contributed by atoms with van der Waals surface area (Å²) in [5, 5.41) is 0. The summed E-state index contributed by atoms with van der Waals surface area (Å²) in [5.74, 6) is 0.617. The molecule has 0 aromatic carbocycles. The average Bonchev–Trinajstić information content (AvgIpc) is 2.29. The van der Waals surface area contributed by atoms with Crippen molar-refractivity contribution in [1.82, 2.24) is 4.98 Å². The van der Waals surface area contributed by atoms with E-state index in [2.05, 4.69) is 4.98 Å². The van der Waals surface area contributed by atoms with Gasteiger partial charge in [-0.05, 0) is 32.4 Å². The van der Waals surface area contributed by atoms with Crippen LogP contribution >= 0.6 is 0 Å². The van der Waals surface area contributed by atoms with Crippen molar-refractivity contribution in [3.8, 4) is 5.88 Å². The van der Waals surface area contributed by atoms with Crippen molar-refractivity contribution in [1.29, 1.82) is 0 Å². The predicted molar refractivity (Wildman–Crippen MR) is 68.0 cm³/mol. The molecule has 0 fully saturated rings. The van der Waals surface area contributed by atoms with Gasteiger partial charge in [0.1, 0.15) is 0 Å². The first-order valence-corrected chi connectivity index (χ1v) is 5.84. The Labute approximate surface area is 103 Å². The zero-order valence-corrected chi connectivity index (χ0v) is 11.1. The van der Waals surface area contributed by atoms with Crippen LogP contribution in [0.1, 0.15) is 38.8 Å². The highest BCUT2D eigenvalue weighted by atomic mass is 16.5. The molecule has 0 aliphatic heterocycles. The van der Waals surface area contributed by atoms with Crippen molar-refractivity contribution in [2.24, 2.45) is 5.73 Å². The molecule has 4 heteroatoms. The fourth-order valence-corrected chi connectivity index (χ4v) is 1.29. The quantitative estimate of drug-likeness (QED) is 0.826. The van der Waals surface area contributed by atoms with Crippen LogP contribution in [0.3, 0.4) is 0 Å². The van der Waals surface area contributed by atoms with Gasteiger partial charge in [-0.25, -0.2) is 4.98 Å². The number of hydrogen-bond donors (Lipinski definition) is 1. The Morgan fingerprint density at radius 2 is 2.18 bits per heavy atom. The minimum Gasteiger partial charge on any atom is -0.478 e. The van der Waals surface area contributed by atoms with Gasteiger partial charge in [0.25, 0.3) is 0 Å². The van der Waals surface area contributed by atoms with Gasteiger partial charge in [-0.15, -0.1) is 0 Å². The van der Waals surface area contributed by atoms with Gasteiger partial charge in [0.2, 0.25) is 5.88 Å². The van der Waals surface area contributed by atoms with Gasteiger partial charge in [0.15, 0.2) is 0 Å². The van der Waals surface area contributed by atoms with E-state index < -0.39 is 0 Å². The van der Waals surface area contributed by atoms with Crippen molar-refractivity contribution >= 4 is 0 Å². The molecule has 0 amide bonds. The maximum Gasteiger partial charge on any atom is 0.213 e. The van der Waals surface area contributed by atoms with Crippen LogP contribution in [0.25, 0.3) is 0 Å². The number of rotatable bonds is 6. The summed E-state index contributed by atoms with van der Waals surface area (Å²) in [6, 6.07) is 3.77. The van der Waals surface area contributed by atoms with Crippen molar-refractivity contribution in [3.05, 3.63) is 23.9 Å². The van der Waals surface area contributed by atoms with E-state index in [1.165, 1.54) is 0 Å². The molecule has 0 spiro atoms. The Bertz CT molecular complexity index is 351. The highest BCUT2D eigenvalue weighted by Crippen LogP contribution is 2.17. The van der Waals surface area contributed by atoms with Crippen LogP contribution in [0.15, 0.2) is 18.3 Å². The van der Waals surface area contributed by atoms with Gasteiger partial charge < -0.3 is 15.2 Å². The third kappa shape index (κ3) is 4.71.